The van der Waals surface area contributed by atoms with E-state index in [4.69, 9.17) is 65.0 Å². The van der Waals surface area contributed by atoms with Gasteiger partial charge in [-0.1, -0.05) is 53.7 Å². The van der Waals surface area contributed by atoms with Crippen LogP contribution in [-0.4, -0.2) is 177 Å². The molecule has 0 unspecified atom stereocenters. The summed E-state index contributed by atoms with van der Waals surface area (Å²) in [6.45, 7) is 17.4. The van der Waals surface area contributed by atoms with Crippen LogP contribution >= 0.6 is 0 Å². The third-order valence-corrected chi connectivity index (χ3v) is 18.2. The largest absolute Gasteiger partial charge is 0.460 e. The summed E-state index contributed by atoms with van der Waals surface area (Å²) >= 11 is 0. The van der Waals surface area contributed by atoms with Crippen molar-refractivity contribution in [2.45, 2.75) is 221 Å². The Kier molecular flexibility index (Phi) is 28.8. The van der Waals surface area contributed by atoms with Crippen molar-refractivity contribution in [3.05, 3.63) is 84.0 Å². The zero-order valence-electron chi connectivity index (χ0n) is 61.3. The number of aromatic nitrogens is 8. The molecule has 4 aromatic heterocycles. The topological polar surface area (TPSA) is 404 Å². The van der Waals surface area contributed by atoms with Crippen molar-refractivity contribution in [1.82, 2.24) is 39.0 Å². The third kappa shape index (κ3) is 19.6. The molecule has 8 heterocycles. The number of imidazole rings is 2. The molecular formula is C74H84F2N10O22. The van der Waals surface area contributed by atoms with Crippen LogP contribution in [0.4, 0.5) is 25.2 Å². The SMILES string of the molecule is C#CCCC(=O)c1cc(CO)ccc1O[C@@H]1O[C@H](C(C)=O)[C@@H](C)[C@H](OC(C)=O)[C@H]1OC(C)=O.C#CCCC(=O)c1cc(COC(=O)Nc2ncnc3c2ncn3[C@@H]2O[C@H](CC)[C@@H](C)[C@H]2F)ccc1O[C@@H]1O[C@H](C(C)=O)[C@@H](C)[C@H](OC(C)=O)[C@H]1OC(C)=O.CC[C@H]1O[C@@H](n2cnc3c(N=C=O)ncnc32)[C@H](F)[C@@H]1C. The van der Waals surface area contributed by atoms with E-state index >= 15 is 4.39 Å². The van der Waals surface area contributed by atoms with Crippen LogP contribution in [0, 0.1) is 48.4 Å². The van der Waals surface area contributed by atoms with Crippen LogP contribution < -0.4 is 14.8 Å². The van der Waals surface area contributed by atoms with Crippen LogP contribution in [0.3, 0.4) is 0 Å². The van der Waals surface area contributed by atoms with Crippen molar-refractivity contribution in [2.75, 3.05) is 5.32 Å². The Bertz CT molecular complexity index is 4440. The number of benzene rings is 2. The Balaban J connectivity index is 0.000000229. The number of aliphatic hydroxyl groups excluding tert-OH is 1. The lowest BCUT2D eigenvalue weighted by molar-refractivity contribution is -0.261. The van der Waals surface area contributed by atoms with E-state index in [2.05, 4.69) is 52.1 Å². The number of aliphatic imine (C=N–C) groups is 1. The number of hydrogen-bond acceptors (Lipinski definition) is 29. The number of carbonyl (C=O) groups is 9. The van der Waals surface area contributed by atoms with Crippen molar-refractivity contribution in [1.29, 1.82) is 0 Å². The van der Waals surface area contributed by atoms with Gasteiger partial charge in [0.1, 0.15) is 43.0 Å². The number of amides is 1. The molecule has 10 rings (SSSR count). The highest BCUT2D eigenvalue weighted by Crippen LogP contribution is 2.42. The first kappa shape index (κ1) is 82.8. The number of fused-ring (bicyclic) bond motifs is 2. The Labute approximate surface area is 619 Å². The van der Waals surface area contributed by atoms with Crippen molar-refractivity contribution in [3.63, 3.8) is 0 Å². The molecule has 2 aromatic carbocycles. The molecule has 6 aromatic rings. The van der Waals surface area contributed by atoms with Crippen LogP contribution in [0.5, 0.6) is 11.5 Å². The lowest BCUT2D eigenvalue weighted by atomic mass is 9.88. The maximum absolute atomic E-state index is 15.1. The van der Waals surface area contributed by atoms with Crippen molar-refractivity contribution in [3.8, 4) is 36.2 Å². The number of anilines is 1. The minimum Gasteiger partial charge on any atom is -0.460 e. The number of terminal acetylenes is 2. The fraction of sp³-hybridized carbons (Fsp3) is 0.514. The van der Waals surface area contributed by atoms with Gasteiger partial charge in [0.15, 0.2) is 94.1 Å². The van der Waals surface area contributed by atoms with Crippen LogP contribution in [0.25, 0.3) is 22.3 Å². The maximum Gasteiger partial charge on any atom is 0.413 e. The molecule has 32 nitrogen and oxygen atoms in total. The van der Waals surface area contributed by atoms with E-state index in [0.29, 0.717) is 28.7 Å². The minimum atomic E-state index is -1.48. The number of nitrogens with one attached hydrogen (secondary N) is 1. The molecule has 34 heteroatoms. The first-order valence-corrected chi connectivity index (χ1v) is 34.6. The highest BCUT2D eigenvalue weighted by Gasteiger charge is 2.53. The first-order valence-electron chi connectivity index (χ1n) is 34.6. The number of esters is 4. The van der Waals surface area contributed by atoms with Crippen LogP contribution in [0.15, 0.2) is 66.7 Å². The predicted molar refractivity (Wildman–Crippen MR) is 373 cm³/mol. The summed E-state index contributed by atoms with van der Waals surface area (Å²) in [5.74, 6) is -1.10. The summed E-state index contributed by atoms with van der Waals surface area (Å²) in [6.07, 6.45) is 3.90. The number of carbonyl (C=O) groups excluding carboxylic acids is 10. The summed E-state index contributed by atoms with van der Waals surface area (Å²) in [6, 6.07) is 8.85. The maximum atomic E-state index is 15.1. The van der Waals surface area contributed by atoms with E-state index in [1.165, 1.54) is 105 Å². The van der Waals surface area contributed by atoms with Gasteiger partial charge in [0.2, 0.25) is 30.9 Å². The lowest BCUT2D eigenvalue weighted by Crippen LogP contribution is -2.59. The number of ketones is 4. The summed E-state index contributed by atoms with van der Waals surface area (Å²) in [5.41, 5.74) is 2.17. The molecule has 2 N–H and O–H groups in total. The van der Waals surface area contributed by atoms with Gasteiger partial charge in [-0.25, -0.2) is 48.3 Å². The van der Waals surface area contributed by atoms with Gasteiger partial charge >= 0.3 is 30.0 Å². The molecule has 4 aliphatic heterocycles. The Morgan fingerprint density at radius 3 is 1.42 bits per heavy atom. The average Bonchev–Trinajstić information content (AvgIpc) is 1.42. The van der Waals surface area contributed by atoms with E-state index in [1.54, 1.807) is 26.8 Å². The number of isocyanates is 1. The highest BCUT2D eigenvalue weighted by atomic mass is 19.1. The summed E-state index contributed by atoms with van der Waals surface area (Å²) in [4.78, 5) is 150. The van der Waals surface area contributed by atoms with Crippen LogP contribution in [0.2, 0.25) is 0 Å². The fourth-order valence-electron chi connectivity index (χ4n) is 12.9. The van der Waals surface area contributed by atoms with Gasteiger partial charge in [-0.15, -0.1) is 29.7 Å². The predicted octanol–water partition coefficient (Wildman–Crippen LogP) is 8.69. The molecule has 0 bridgehead atoms. The molecular weight excluding hydrogens is 1420 g/mol. The molecule has 0 spiro atoms. The molecule has 1 amide bonds. The number of alkyl halides is 2. The molecule has 4 aliphatic rings. The minimum absolute atomic E-state index is 0.0196. The van der Waals surface area contributed by atoms with Gasteiger partial charge in [0.05, 0.1) is 42.6 Å². The zero-order chi connectivity index (χ0) is 79.0. The van der Waals surface area contributed by atoms with Crippen LogP contribution in [0.1, 0.15) is 166 Å². The standard InChI is InChI=1S/C37H42FN5O11.C24H28O9.C13H14FN5O2/c1-8-10-11-25(47)24-14-23(12-13-27(24)53-36-32(51-22(7)46)31(50-21(6)45)19(4)30(54-36)20(5)44)15-49-37(48)42-33-29-34(40-16-39-33)43(17-41-29)35-28(38)18(3)26(9-2)52-35;1-6-7-8-19(29)18-11-17(12-25)9-10-20(18)32-24-23(31-16(5)28)22(30-15(4)27)13(2)21(33-24)14(3)26;1-3-8-7(2)9(14)13(21-8)19-5-17-10-11(18-6-20)15-4-16-12(10)19/h1,12-14,16-19,26,28,30-32,35-36H,9-11,15H2,2-7H3,(H,39,40,42,48);1,9-11,13,21-25H,7-8,12H2,2-5H3;4-5,7-9,13H,3H2,1-2H3/t18-,19-,26-,28-,30+,31+,32-,35-,36-;13-,21+,22+,23-,24-;7-,8-,9-,13-/m111/s1. The number of nitrogens with zero attached hydrogens (tertiary/aromatic N) is 9. The molecule has 576 valence electrons. The Hall–Kier alpha value is -10.9. The van der Waals surface area contributed by atoms with Crippen molar-refractivity contribution >= 4 is 93.1 Å². The summed E-state index contributed by atoms with van der Waals surface area (Å²) in [7, 11) is 0. The quantitative estimate of drug-likeness (QED) is 0.0135. The second-order valence-corrected chi connectivity index (χ2v) is 25.9. The number of aliphatic hydroxyl groups is 1. The zero-order valence-corrected chi connectivity index (χ0v) is 61.3. The number of ether oxygens (including phenoxy) is 11. The first-order chi connectivity index (χ1) is 51.5. The normalized spacial score (nSPS) is 26.2. The van der Waals surface area contributed by atoms with Gasteiger partial charge in [-0.3, -0.25) is 52.8 Å². The molecule has 18 atom stereocenters. The van der Waals surface area contributed by atoms with E-state index in [0.717, 1.165) is 13.3 Å². The summed E-state index contributed by atoms with van der Waals surface area (Å²) < 4.78 is 95.3. The molecule has 0 saturated carbocycles. The van der Waals surface area contributed by atoms with Gasteiger partial charge in [-0.05, 0) is 62.1 Å². The van der Waals surface area contributed by atoms with Gasteiger partial charge < -0.3 is 57.2 Å². The second-order valence-electron chi connectivity index (χ2n) is 25.9. The van der Waals surface area contributed by atoms with Gasteiger partial charge in [-0.2, -0.15) is 0 Å². The Morgan fingerprint density at radius 1 is 0.574 bits per heavy atom. The van der Waals surface area contributed by atoms with E-state index in [1.807, 2.05) is 20.8 Å². The fourth-order valence-corrected chi connectivity index (χ4v) is 12.9. The summed E-state index contributed by atoms with van der Waals surface area (Å²) in [5, 5.41) is 12.0. The average molecular weight is 1500 g/mol. The van der Waals surface area contributed by atoms with E-state index in [9.17, 15) is 57.4 Å². The van der Waals surface area contributed by atoms with Gasteiger partial charge in [0.25, 0.3) is 0 Å². The van der Waals surface area contributed by atoms with Gasteiger partial charge in [0, 0.05) is 77.0 Å². The lowest BCUT2D eigenvalue weighted by Gasteiger charge is -2.43. The molecule has 108 heavy (non-hydrogen) atoms. The van der Waals surface area contributed by atoms with Crippen molar-refractivity contribution < 1.29 is 114 Å². The third-order valence-electron chi connectivity index (χ3n) is 18.2. The molecule has 4 fully saturated rings. The molecule has 0 radical (unpaired) electrons. The molecule has 4 saturated heterocycles. The number of hydrogen-bond donors (Lipinski definition) is 2. The number of Topliss-reactive ketones (excluding diaryl/α,β-unsaturated/α-hetero) is 4. The van der Waals surface area contributed by atoms with Crippen LogP contribution in [-0.2, 0) is 89.4 Å². The number of rotatable bonds is 25. The monoisotopic (exact) mass is 1500 g/mol. The smallest absolute Gasteiger partial charge is 0.413 e. The second kappa shape index (κ2) is 37.6. The van der Waals surface area contributed by atoms with E-state index in [-0.39, 0.29) is 120 Å². The Morgan fingerprint density at radius 2 is 1.00 bits per heavy atom. The van der Waals surface area contributed by atoms with Crippen molar-refractivity contribution in [2.24, 2.45) is 28.7 Å². The van der Waals surface area contributed by atoms with E-state index < -0.39 is 127 Å². The molecule has 0 aliphatic carbocycles. The highest BCUT2D eigenvalue weighted by molar-refractivity contribution is 6.00. The number of halogens is 2.